The average Bonchev–Trinajstić information content (AvgIpc) is 2.32. The van der Waals surface area contributed by atoms with Crippen LogP contribution in [0.5, 0.6) is 0 Å². The summed E-state index contributed by atoms with van der Waals surface area (Å²) in [5.74, 6) is -0.467. The van der Waals surface area contributed by atoms with Gasteiger partial charge in [0.25, 0.3) is 0 Å². The summed E-state index contributed by atoms with van der Waals surface area (Å²) in [6.07, 6.45) is 0.668. The number of hydrogen-bond donors (Lipinski definition) is 2. The molecule has 1 heterocycles. The number of hydrogen-bond acceptors (Lipinski definition) is 3. The number of rotatable bonds is 2. The smallest absolute Gasteiger partial charge is 0.242 e. The highest BCUT2D eigenvalue weighted by Crippen LogP contribution is 2.28. The van der Waals surface area contributed by atoms with Crippen LogP contribution in [0, 0.1) is 5.82 Å². The van der Waals surface area contributed by atoms with Gasteiger partial charge in [-0.2, -0.15) is 0 Å². The number of nitrogens with two attached hydrogens (primary N) is 1. The number of nitrogens with one attached hydrogen (secondary N) is 1. The fourth-order valence-electron chi connectivity index (χ4n) is 2.18. The molecule has 0 bridgehead atoms. The third kappa shape index (κ3) is 2.05. The summed E-state index contributed by atoms with van der Waals surface area (Å²) in [6.45, 7) is 3.14. The molecule has 0 radical (unpaired) electrons. The Hall–Kier alpha value is -1.78. The first-order chi connectivity index (χ1) is 8.15. The summed E-state index contributed by atoms with van der Waals surface area (Å²) in [7, 11) is 0. The molecular formula is C12H16FN3O. The van der Waals surface area contributed by atoms with E-state index in [1.807, 2.05) is 11.8 Å². The van der Waals surface area contributed by atoms with Gasteiger partial charge in [0.15, 0.2) is 0 Å². The van der Waals surface area contributed by atoms with Crippen LogP contribution in [0.3, 0.4) is 0 Å². The molecule has 0 aromatic heterocycles. The van der Waals surface area contributed by atoms with Crippen LogP contribution in [0.15, 0.2) is 18.2 Å². The van der Waals surface area contributed by atoms with E-state index in [2.05, 4.69) is 5.32 Å². The largest absolute Gasteiger partial charge is 0.395 e. The molecule has 1 atom stereocenters. The summed E-state index contributed by atoms with van der Waals surface area (Å²) >= 11 is 0. The summed E-state index contributed by atoms with van der Waals surface area (Å²) < 4.78 is 13.4. The van der Waals surface area contributed by atoms with Crippen LogP contribution in [0.1, 0.15) is 13.3 Å². The number of para-hydroxylation sites is 1. The molecule has 3 N–H and O–H groups in total. The van der Waals surface area contributed by atoms with Crippen LogP contribution >= 0.6 is 0 Å². The monoisotopic (exact) mass is 237 g/mol. The lowest BCUT2D eigenvalue weighted by atomic mass is 10.1. The molecule has 4 nitrogen and oxygen atoms in total. The normalized spacial score (nSPS) is 20.2. The Labute approximate surface area is 99.6 Å². The topological polar surface area (TPSA) is 58.4 Å². The number of anilines is 2. The highest BCUT2D eigenvalue weighted by molar-refractivity contribution is 5.88. The van der Waals surface area contributed by atoms with Crippen molar-refractivity contribution >= 4 is 17.3 Å². The van der Waals surface area contributed by atoms with E-state index < -0.39 is 5.82 Å². The maximum absolute atomic E-state index is 13.4. The molecule has 0 spiro atoms. The van der Waals surface area contributed by atoms with E-state index in [0.29, 0.717) is 25.2 Å². The lowest BCUT2D eigenvalue weighted by Gasteiger charge is -2.36. The minimum absolute atomic E-state index is 0.0255. The molecule has 92 valence electrons. The zero-order valence-electron chi connectivity index (χ0n) is 9.74. The van der Waals surface area contributed by atoms with Gasteiger partial charge in [-0.1, -0.05) is 13.0 Å². The van der Waals surface area contributed by atoms with Gasteiger partial charge in [-0.05, 0) is 18.6 Å². The Morgan fingerprint density at radius 1 is 1.59 bits per heavy atom. The molecule has 1 aromatic rings. The Kier molecular flexibility index (Phi) is 3.17. The first-order valence-electron chi connectivity index (χ1n) is 5.73. The van der Waals surface area contributed by atoms with E-state index in [4.69, 9.17) is 5.73 Å². The van der Waals surface area contributed by atoms with E-state index in [1.54, 1.807) is 12.1 Å². The maximum Gasteiger partial charge on any atom is 0.242 e. The Balaban J connectivity index is 2.37. The van der Waals surface area contributed by atoms with Crippen LogP contribution in [-0.2, 0) is 4.79 Å². The van der Waals surface area contributed by atoms with Gasteiger partial charge < -0.3 is 16.0 Å². The number of nitrogen functional groups attached to an aromatic ring is 1. The second-order valence-electron chi connectivity index (χ2n) is 4.08. The zero-order valence-corrected chi connectivity index (χ0v) is 9.74. The van der Waals surface area contributed by atoms with E-state index in [1.165, 1.54) is 6.07 Å². The van der Waals surface area contributed by atoms with Crippen molar-refractivity contribution in [1.29, 1.82) is 0 Å². The molecule has 1 aromatic carbocycles. The van der Waals surface area contributed by atoms with Crippen molar-refractivity contribution in [3.05, 3.63) is 24.0 Å². The quantitative estimate of drug-likeness (QED) is 0.758. The second-order valence-corrected chi connectivity index (χ2v) is 4.08. The molecule has 1 saturated heterocycles. The average molecular weight is 237 g/mol. The van der Waals surface area contributed by atoms with Crippen LogP contribution in [0.2, 0.25) is 0 Å². The van der Waals surface area contributed by atoms with E-state index in [9.17, 15) is 9.18 Å². The standard InChI is InChI=1S/C12H16FN3O/c1-2-9-12(17)15-6-7-16(9)10-5-3-4-8(13)11(10)14/h3-5,9H,2,6-7,14H2,1H3,(H,15,17). The molecule has 0 saturated carbocycles. The second kappa shape index (κ2) is 4.61. The van der Waals surface area contributed by atoms with Gasteiger partial charge in [0.2, 0.25) is 5.91 Å². The number of amides is 1. The van der Waals surface area contributed by atoms with Crippen molar-refractivity contribution in [2.24, 2.45) is 0 Å². The van der Waals surface area contributed by atoms with Crippen LogP contribution in [-0.4, -0.2) is 25.0 Å². The predicted octanol–water partition coefficient (Wildman–Crippen LogP) is 1.12. The molecule has 1 fully saturated rings. The summed E-state index contributed by atoms with van der Waals surface area (Å²) in [5.41, 5.74) is 6.44. The van der Waals surface area contributed by atoms with Gasteiger partial charge in [0.05, 0.1) is 11.4 Å². The van der Waals surface area contributed by atoms with Gasteiger partial charge >= 0.3 is 0 Å². The first kappa shape index (κ1) is 11.7. The third-order valence-corrected chi connectivity index (χ3v) is 3.06. The number of nitrogens with zero attached hydrogens (tertiary/aromatic N) is 1. The predicted molar refractivity (Wildman–Crippen MR) is 65.2 cm³/mol. The summed E-state index contributed by atoms with van der Waals surface area (Å²) in [4.78, 5) is 13.6. The van der Waals surface area contributed by atoms with Crippen molar-refractivity contribution in [3.8, 4) is 0 Å². The molecule has 1 aliphatic heterocycles. The Morgan fingerprint density at radius 2 is 2.35 bits per heavy atom. The molecule has 1 unspecified atom stereocenters. The highest BCUT2D eigenvalue weighted by atomic mass is 19.1. The van der Waals surface area contributed by atoms with Crippen molar-refractivity contribution in [2.45, 2.75) is 19.4 Å². The molecule has 17 heavy (non-hydrogen) atoms. The first-order valence-corrected chi connectivity index (χ1v) is 5.73. The Bertz CT molecular complexity index is 436. The molecule has 2 rings (SSSR count). The lowest BCUT2D eigenvalue weighted by molar-refractivity contribution is -0.123. The van der Waals surface area contributed by atoms with Gasteiger partial charge in [-0.3, -0.25) is 4.79 Å². The number of carbonyl (C=O) groups excluding carboxylic acids is 1. The fourth-order valence-corrected chi connectivity index (χ4v) is 2.18. The summed E-state index contributed by atoms with van der Waals surface area (Å²) in [5, 5.41) is 2.80. The van der Waals surface area contributed by atoms with Crippen LogP contribution in [0.4, 0.5) is 15.8 Å². The van der Waals surface area contributed by atoms with Crippen molar-refractivity contribution in [3.63, 3.8) is 0 Å². The van der Waals surface area contributed by atoms with Gasteiger partial charge in [-0.15, -0.1) is 0 Å². The number of benzene rings is 1. The summed E-state index contributed by atoms with van der Waals surface area (Å²) in [6, 6.07) is 4.41. The highest BCUT2D eigenvalue weighted by Gasteiger charge is 2.29. The number of carbonyl (C=O) groups is 1. The van der Waals surface area contributed by atoms with Crippen LogP contribution < -0.4 is 16.0 Å². The number of piperazine rings is 1. The van der Waals surface area contributed by atoms with Crippen molar-refractivity contribution < 1.29 is 9.18 Å². The fraction of sp³-hybridized carbons (Fsp3) is 0.417. The lowest BCUT2D eigenvalue weighted by Crippen LogP contribution is -2.55. The molecule has 0 aliphatic carbocycles. The Morgan fingerprint density at radius 3 is 3.06 bits per heavy atom. The molecule has 5 heteroatoms. The molecule has 1 amide bonds. The molecule has 1 aliphatic rings. The van der Waals surface area contributed by atoms with Crippen LogP contribution in [0.25, 0.3) is 0 Å². The van der Waals surface area contributed by atoms with E-state index >= 15 is 0 Å². The van der Waals surface area contributed by atoms with Crippen molar-refractivity contribution in [1.82, 2.24) is 5.32 Å². The van der Waals surface area contributed by atoms with Crippen molar-refractivity contribution in [2.75, 3.05) is 23.7 Å². The van der Waals surface area contributed by atoms with Gasteiger partial charge in [0, 0.05) is 13.1 Å². The minimum atomic E-state index is -0.441. The SMILES string of the molecule is CCC1C(=O)NCCN1c1cccc(F)c1N. The minimum Gasteiger partial charge on any atom is -0.395 e. The van der Waals surface area contributed by atoms with E-state index in [-0.39, 0.29) is 17.6 Å². The third-order valence-electron chi connectivity index (χ3n) is 3.06. The van der Waals surface area contributed by atoms with Gasteiger partial charge in [0.1, 0.15) is 11.9 Å². The molecular weight excluding hydrogens is 221 g/mol. The zero-order chi connectivity index (χ0) is 12.4. The van der Waals surface area contributed by atoms with E-state index in [0.717, 1.165) is 0 Å². The number of halogens is 1. The maximum atomic E-state index is 13.4. The van der Waals surface area contributed by atoms with Gasteiger partial charge in [-0.25, -0.2) is 4.39 Å².